The molecule has 0 atom stereocenters. The number of aromatic nitrogens is 2. The first-order chi connectivity index (χ1) is 14.7. The molecule has 0 unspecified atom stereocenters. The summed E-state index contributed by atoms with van der Waals surface area (Å²) < 4.78 is 14.1. The van der Waals surface area contributed by atoms with Gasteiger partial charge >= 0.3 is 0 Å². The number of allylic oxidation sites excluding steroid dienone is 2. The van der Waals surface area contributed by atoms with Crippen LogP contribution in [-0.4, -0.2) is 22.8 Å². The van der Waals surface area contributed by atoms with E-state index in [0.717, 1.165) is 55.5 Å². The Morgan fingerprint density at radius 2 is 1.53 bits per heavy atom. The van der Waals surface area contributed by atoms with E-state index < -0.39 is 0 Å². The molecule has 4 heteroatoms. The van der Waals surface area contributed by atoms with Crippen molar-refractivity contribution in [1.29, 1.82) is 0 Å². The third-order valence-electron chi connectivity index (χ3n) is 5.16. The number of hydrogen-bond acceptors (Lipinski definition) is 3. The van der Waals surface area contributed by atoms with Gasteiger partial charge in [0.15, 0.2) is 0 Å². The summed E-state index contributed by atoms with van der Waals surface area (Å²) in [6, 6.07) is 13.3. The average Bonchev–Trinajstić information content (AvgIpc) is 3.13. The lowest BCUT2D eigenvalue weighted by Gasteiger charge is -2.14. The van der Waals surface area contributed by atoms with Gasteiger partial charge < -0.3 is 9.47 Å². The molecule has 0 aliphatic carbocycles. The first-order valence-electron chi connectivity index (χ1n) is 10.8. The highest BCUT2D eigenvalue weighted by atomic mass is 16.5. The topological polar surface area (TPSA) is 36.3 Å². The molecule has 0 saturated carbocycles. The summed E-state index contributed by atoms with van der Waals surface area (Å²) in [5, 5.41) is 2.35. The maximum atomic E-state index is 6.21. The van der Waals surface area contributed by atoms with Gasteiger partial charge in [-0.1, -0.05) is 36.4 Å². The number of nitrogens with zero attached hydrogens (tertiary/aromatic N) is 2. The number of imidazole rings is 1. The van der Waals surface area contributed by atoms with Crippen molar-refractivity contribution >= 4 is 10.8 Å². The fraction of sp³-hybridized carbons (Fsp3) is 0.346. The van der Waals surface area contributed by atoms with Crippen molar-refractivity contribution in [1.82, 2.24) is 9.55 Å². The van der Waals surface area contributed by atoms with E-state index in [1.165, 1.54) is 10.8 Å². The van der Waals surface area contributed by atoms with E-state index in [1.54, 1.807) is 0 Å². The van der Waals surface area contributed by atoms with Gasteiger partial charge in [0, 0.05) is 12.6 Å². The van der Waals surface area contributed by atoms with Crippen LogP contribution < -0.4 is 9.47 Å². The molecule has 3 aromatic rings. The molecule has 1 heterocycles. The van der Waals surface area contributed by atoms with Crippen molar-refractivity contribution in [2.75, 3.05) is 13.2 Å². The minimum atomic E-state index is 0.633. The quantitative estimate of drug-likeness (QED) is 0.235. The van der Waals surface area contributed by atoms with Crippen LogP contribution in [0.1, 0.15) is 38.5 Å². The highest BCUT2D eigenvalue weighted by Crippen LogP contribution is 2.35. The zero-order valence-electron chi connectivity index (χ0n) is 18.0. The van der Waals surface area contributed by atoms with Gasteiger partial charge in [-0.2, -0.15) is 0 Å². The fourth-order valence-electron chi connectivity index (χ4n) is 3.44. The molecular weight excluding hydrogens is 372 g/mol. The molecule has 0 amide bonds. The SMILES string of the molecule is C=CCCCCOc1cc2ccccc2cc1-c1cnc(OCCCCC=C)n1C. The van der Waals surface area contributed by atoms with Gasteiger partial charge in [-0.15, -0.1) is 13.2 Å². The van der Waals surface area contributed by atoms with Crippen LogP contribution in [0.4, 0.5) is 0 Å². The van der Waals surface area contributed by atoms with Gasteiger partial charge in [-0.05, 0) is 61.4 Å². The van der Waals surface area contributed by atoms with Crippen LogP contribution in [-0.2, 0) is 7.05 Å². The molecule has 0 fully saturated rings. The molecule has 0 spiro atoms. The molecule has 0 saturated heterocycles. The maximum absolute atomic E-state index is 6.21. The predicted molar refractivity (Wildman–Crippen MR) is 125 cm³/mol. The average molecular weight is 405 g/mol. The molecule has 0 aliphatic heterocycles. The van der Waals surface area contributed by atoms with Crippen LogP contribution in [0.15, 0.2) is 67.9 Å². The Labute approximate surface area is 179 Å². The van der Waals surface area contributed by atoms with Crippen LogP contribution >= 0.6 is 0 Å². The molecule has 0 bridgehead atoms. The lowest BCUT2D eigenvalue weighted by Crippen LogP contribution is -2.04. The Bertz CT molecular complexity index is 974. The second-order valence-corrected chi connectivity index (χ2v) is 7.45. The number of fused-ring (bicyclic) bond motifs is 1. The van der Waals surface area contributed by atoms with Gasteiger partial charge in [0.25, 0.3) is 6.01 Å². The van der Waals surface area contributed by atoms with Crippen molar-refractivity contribution < 1.29 is 9.47 Å². The Morgan fingerprint density at radius 1 is 0.900 bits per heavy atom. The Hall–Kier alpha value is -3.01. The number of unbranched alkanes of at least 4 members (excludes halogenated alkanes) is 4. The van der Waals surface area contributed by atoms with Crippen LogP contribution in [0.2, 0.25) is 0 Å². The van der Waals surface area contributed by atoms with E-state index in [9.17, 15) is 0 Å². The molecule has 158 valence electrons. The largest absolute Gasteiger partial charge is 0.493 e. The third kappa shape index (κ3) is 5.53. The second kappa shape index (κ2) is 11.2. The lowest BCUT2D eigenvalue weighted by molar-refractivity contribution is 0.275. The summed E-state index contributed by atoms with van der Waals surface area (Å²) in [7, 11) is 1.99. The van der Waals surface area contributed by atoms with E-state index in [0.29, 0.717) is 19.2 Å². The molecule has 1 aromatic heterocycles. The number of ether oxygens (including phenoxy) is 2. The summed E-state index contributed by atoms with van der Waals surface area (Å²) in [5.41, 5.74) is 2.02. The van der Waals surface area contributed by atoms with Crippen molar-refractivity contribution in [2.45, 2.75) is 38.5 Å². The molecule has 3 rings (SSSR count). The summed E-state index contributed by atoms with van der Waals surface area (Å²) >= 11 is 0. The first kappa shape index (κ1) is 21.7. The van der Waals surface area contributed by atoms with E-state index in [1.807, 2.05) is 30.0 Å². The Kier molecular flexibility index (Phi) is 8.13. The summed E-state index contributed by atoms with van der Waals surface area (Å²) in [6.45, 7) is 8.88. The van der Waals surface area contributed by atoms with Gasteiger partial charge in [-0.3, -0.25) is 4.57 Å². The minimum Gasteiger partial charge on any atom is -0.493 e. The number of rotatable bonds is 13. The normalized spacial score (nSPS) is 10.8. The molecule has 0 radical (unpaired) electrons. The first-order valence-corrected chi connectivity index (χ1v) is 10.8. The van der Waals surface area contributed by atoms with Crippen molar-refractivity contribution in [3.05, 3.63) is 67.9 Å². The lowest BCUT2D eigenvalue weighted by atomic mass is 10.0. The monoisotopic (exact) mass is 404 g/mol. The highest BCUT2D eigenvalue weighted by Gasteiger charge is 2.15. The van der Waals surface area contributed by atoms with Gasteiger partial charge in [0.1, 0.15) is 5.75 Å². The third-order valence-corrected chi connectivity index (χ3v) is 5.16. The highest BCUT2D eigenvalue weighted by molar-refractivity contribution is 5.90. The summed E-state index contributed by atoms with van der Waals surface area (Å²) in [6.07, 6.45) is 12.0. The summed E-state index contributed by atoms with van der Waals surface area (Å²) in [4.78, 5) is 4.51. The van der Waals surface area contributed by atoms with Crippen LogP contribution in [0.25, 0.3) is 22.0 Å². The molecule has 2 aromatic carbocycles. The maximum Gasteiger partial charge on any atom is 0.296 e. The number of benzene rings is 2. The van der Waals surface area contributed by atoms with Crippen molar-refractivity contribution in [2.24, 2.45) is 7.05 Å². The molecular formula is C26H32N2O2. The van der Waals surface area contributed by atoms with E-state index >= 15 is 0 Å². The smallest absolute Gasteiger partial charge is 0.296 e. The van der Waals surface area contributed by atoms with E-state index in [-0.39, 0.29) is 0 Å². The van der Waals surface area contributed by atoms with Crippen LogP contribution in [0.5, 0.6) is 11.8 Å². The van der Waals surface area contributed by atoms with Crippen molar-refractivity contribution in [3.63, 3.8) is 0 Å². The molecule has 0 aliphatic rings. The minimum absolute atomic E-state index is 0.633. The molecule has 4 nitrogen and oxygen atoms in total. The predicted octanol–water partition coefficient (Wildman–Crippen LogP) is 6.71. The van der Waals surface area contributed by atoms with Gasteiger partial charge in [-0.25, -0.2) is 4.98 Å². The van der Waals surface area contributed by atoms with E-state index in [2.05, 4.69) is 54.5 Å². The molecule has 30 heavy (non-hydrogen) atoms. The Balaban J connectivity index is 1.81. The molecule has 0 N–H and O–H groups in total. The number of hydrogen-bond donors (Lipinski definition) is 0. The van der Waals surface area contributed by atoms with Crippen LogP contribution in [0, 0.1) is 0 Å². The van der Waals surface area contributed by atoms with Gasteiger partial charge in [0.05, 0.1) is 25.1 Å². The Morgan fingerprint density at radius 3 is 2.20 bits per heavy atom. The standard InChI is InChI=1S/C26H32N2O2/c1-4-6-8-12-16-29-25-19-22-15-11-10-14-21(22)18-23(25)24-20-27-26(28(24)3)30-17-13-9-7-5-2/h4-5,10-11,14-15,18-20H,1-2,6-9,12-13,16-17H2,3H3. The van der Waals surface area contributed by atoms with E-state index in [4.69, 9.17) is 9.47 Å². The van der Waals surface area contributed by atoms with Gasteiger partial charge in [0.2, 0.25) is 0 Å². The van der Waals surface area contributed by atoms with Crippen molar-refractivity contribution in [3.8, 4) is 23.0 Å². The second-order valence-electron chi connectivity index (χ2n) is 7.45. The zero-order valence-corrected chi connectivity index (χ0v) is 18.0. The zero-order chi connectivity index (χ0) is 21.2. The summed E-state index contributed by atoms with van der Waals surface area (Å²) in [5.74, 6) is 0.882. The fourth-order valence-corrected chi connectivity index (χ4v) is 3.44. The van der Waals surface area contributed by atoms with Crippen LogP contribution in [0.3, 0.4) is 0 Å².